The highest BCUT2D eigenvalue weighted by Gasteiger charge is 2.20. The summed E-state index contributed by atoms with van der Waals surface area (Å²) in [4.78, 5) is 24.2. The van der Waals surface area contributed by atoms with Gasteiger partial charge in [-0.3, -0.25) is 4.79 Å². The Bertz CT molecular complexity index is 723. The normalized spacial score (nSPS) is 11.7. The molecule has 2 aromatic carbocycles. The summed E-state index contributed by atoms with van der Waals surface area (Å²) in [7, 11) is 1.35. The molecular weight excluding hydrogens is 352 g/mol. The van der Waals surface area contributed by atoms with Crippen LogP contribution in [0.4, 0.5) is 0 Å². The van der Waals surface area contributed by atoms with Crippen molar-refractivity contribution in [3.8, 4) is 5.75 Å². The van der Waals surface area contributed by atoms with Crippen LogP contribution in [0.2, 0.25) is 5.02 Å². The second-order valence-corrected chi connectivity index (χ2v) is 6.46. The van der Waals surface area contributed by atoms with Gasteiger partial charge in [0.15, 0.2) is 11.9 Å². The molecule has 0 aliphatic heterocycles. The smallest absolute Gasteiger partial charge is 0.347 e. The third kappa shape index (κ3) is 5.88. The molecule has 1 atom stereocenters. The molecule has 0 heterocycles. The predicted molar refractivity (Wildman–Crippen MR) is 102 cm³/mol. The van der Waals surface area contributed by atoms with E-state index in [0.717, 1.165) is 18.4 Å². The van der Waals surface area contributed by atoms with E-state index in [9.17, 15) is 9.59 Å². The summed E-state index contributed by atoms with van der Waals surface area (Å²) >= 11 is 5.86. The van der Waals surface area contributed by atoms with Crippen LogP contribution in [-0.4, -0.2) is 25.0 Å². The van der Waals surface area contributed by atoms with Gasteiger partial charge < -0.3 is 9.47 Å². The first-order valence-corrected chi connectivity index (χ1v) is 9.03. The zero-order chi connectivity index (χ0) is 18.9. The second kappa shape index (κ2) is 9.97. The number of hydrogen-bond acceptors (Lipinski definition) is 4. The standard InChI is InChI=1S/C21H23ClO4/c1-3-4-5-20(21(24)25-2)26-18-12-8-16(9-13-18)19(23)14-15-6-10-17(22)11-7-15/h6-13,20H,3-5,14H2,1-2H3. The molecule has 0 amide bonds. The van der Waals surface area contributed by atoms with Crippen LogP contribution in [0.3, 0.4) is 0 Å². The summed E-state index contributed by atoms with van der Waals surface area (Å²) in [6.07, 6.45) is 2.11. The molecule has 0 saturated carbocycles. The number of methoxy groups -OCH3 is 1. The molecular formula is C21H23ClO4. The molecule has 0 saturated heterocycles. The maximum Gasteiger partial charge on any atom is 0.347 e. The molecule has 0 radical (unpaired) electrons. The molecule has 26 heavy (non-hydrogen) atoms. The van der Waals surface area contributed by atoms with E-state index in [0.29, 0.717) is 29.2 Å². The number of Topliss-reactive ketones (excluding diaryl/α,β-unsaturated/α-hetero) is 1. The first kappa shape index (κ1) is 20.0. The monoisotopic (exact) mass is 374 g/mol. The number of hydrogen-bond donors (Lipinski definition) is 0. The van der Waals surface area contributed by atoms with Crippen molar-refractivity contribution in [3.63, 3.8) is 0 Å². The largest absolute Gasteiger partial charge is 0.479 e. The Morgan fingerprint density at radius 2 is 1.69 bits per heavy atom. The Labute approximate surface area is 159 Å². The van der Waals surface area contributed by atoms with Crippen LogP contribution in [0.1, 0.15) is 42.1 Å². The van der Waals surface area contributed by atoms with Gasteiger partial charge in [0.25, 0.3) is 0 Å². The van der Waals surface area contributed by atoms with E-state index in [-0.39, 0.29) is 11.8 Å². The average molecular weight is 375 g/mol. The molecule has 0 fully saturated rings. The van der Waals surface area contributed by atoms with Gasteiger partial charge in [0.1, 0.15) is 5.75 Å². The Balaban J connectivity index is 2.00. The van der Waals surface area contributed by atoms with Crippen molar-refractivity contribution in [1.82, 2.24) is 0 Å². The van der Waals surface area contributed by atoms with Gasteiger partial charge in [-0.15, -0.1) is 0 Å². The van der Waals surface area contributed by atoms with E-state index in [1.807, 2.05) is 12.1 Å². The number of rotatable bonds is 9. The highest BCUT2D eigenvalue weighted by Crippen LogP contribution is 2.18. The van der Waals surface area contributed by atoms with Crippen molar-refractivity contribution >= 4 is 23.4 Å². The minimum Gasteiger partial charge on any atom is -0.479 e. The van der Waals surface area contributed by atoms with Gasteiger partial charge in [-0.25, -0.2) is 4.79 Å². The summed E-state index contributed by atoms with van der Waals surface area (Å²) in [5, 5.41) is 0.644. The van der Waals surface area contributed by atoms with Crippen molar-refractivity contribution in [3.05, 3.63) is 64.7 Å². The van der Waals surface area contributed by atoms with Gasteiger partial charge >= 0.3 is 5.97 Å². The lowest BCUT2D eigenvalue weighted by molar-refractivity contribution is -0.149. The summed E-state index contributed by atoms with van der Waals surface area (Å²) < 4.78 is 10.5. The lowest BCUT2D eigenvalue weighted by atomic mass is 10.0. The van der Waals surface area contributed by atoms with Crippen LogP contribution < -0.4 is 4.74 Å². The van der Waals surface area contributed by atoms with Gasteiger partial charge in [0.2, 0.25) is 0 Å². The molecule has 138 valence electrons. The third-order valence-corrected chi connectivity index (χ3v) is 4.27. The van der Waals surface area contributed by atoms with Gasteiger partial charge in [-0.2, -0.15) is 0 Å². The first-order valence-electron chi connectivity index (χ1n) is 8.65. The maximum atomic E-state index is 12.4. The molecule has 0 N–H and O–H groups in total. The van der Waals surface area contributed by atoms with Crippen molar-refractivity contribution in [2.24, 2.45) is 0 Å². The quantitative estimate of drug-likeness (QED) is 0.464. The van der Waals surface area contributed by atoms with E-state index >= 15 is 0 Å². The van der Waals surface area contributed by atoms with Gasteiger partial charge in [0, 0.05) is 17.0 Å². The van der Waals surface area contributed by atoms with Crippen molar-refractivity contribution in [2.75, 3.05) is 7.11 Å². The minimum absolute atomic E-state index is 0.00868. The number of carbonyl (C=O) groups excluding carboxylic acids is 2. The Hall–Kier alpha value is -2.33. The Kier molecular flexibility index (Phi) is 7.67. The van der Waals surface area contributed by atoms with Crippen LogP contribution in [0.25, 0.3) is 0 Å². The number of benzene rings is 2. The predicted octanol–water partition coefficient (Wildman–Crippen LogP) is 4.88. The highest BCUT2D eigenvalue weighted by atomic mass is 35.5. The lowest BCUT2D eigenvalue weighted by Gasteiger charge is -2.16. The van der Waals surface area contributed by atoms with Gasteiger partial charge in [-0.05, 0) is 54.8 Å². The molecule has 2 rings (SSSR count). The molecule has 0 aliphatic carbocycles. The van der Waals surface area contributed by atoms with Crippen LogP contribution >= 0.6 is 11.6 Å². The van der Waals surface area contributed by atoms with Crippen LogP contribution in [-0.2, 0) is 16.0 Å². The van der Waals surface area contributed by atoms with E-state index < -0.39 is 6.10 Å². The van der Waals surface area contributed by atoms with E-state index in [1.54, 1.807) is 36.4 Å². The minimum atomic E-state index is -0.629. The molecule has 1 unspecified atom stereocenters. The number of halogens is 1. The van der Waals surface area contributed by atoms with Crippen LogP contribution in [0.5, 0.6) is 5.75 Å². The molecule has 2 aromatic rings. The second-order valence-electron chi connectivity index (χ2n) is 6.02. The summed E-state index contributed by atoms with van der Waals surface area (Å²) in [5.41, 5.74) is 1.50. The van der Waals surface area contributed by atoms with Gasteiger partial charge in [-0.1, -0.05) is 37.1 Å². The molecule has 0 bridgehead atoms. The van der Waals surface area contributed by atoms with Crippen molar-refractivity contribution in [1.29, 1.82) is 0 Å². The van der Waals surface area contributed by atoms with Gasteiger partial charge in [0.05, 0.1) is 7.11 Å². The van der Waals surface area contributed by atoms with E-state index in [2.05, 4.69) is 6.92 Å². The molecule has 5 heteroatoms. The zero-order valence-corrected chi connectivity index (χ0v) is 15.8. The molecule has 0 spiro atoms. The van der Waals surface area contributed by atoms with E-state index in [1.165, 1.54) is 7.11 Å². The zero-order valence-electron chi connectivity index (χ0n) is 15.0. The number of ketones is 1. The summed E-state index contributed by atoms with van der Waals surface area (Å²) in [6.45, 7) is 2.05. The van der Waals surface area contributed by atoms with Crippen molar-refractivity contribution in [2.45, 2.75) is 38.7 Å². The SMILES string of the molecule is CCCCC(Oc1ccc(C(=O)Cc2ccc(Cl)cc2)cc1)C(=O)OC. The first-order chi connectivity index (χ1) is 12.5. The Morgan fingerprint density at radius 1 is 1.04 bits per heavy atom. The number of esters is 1. The molecule has 4 nitrogen and oxygen atoms in total. The number of ether oxygens (including phenoxy) is 2. The van der Waals surface area contributed by atoms with Crippen molar-refractivity contribution < 1.29 is 19.1 Å². The number of unbranched alkanes of at least 4 members (excludes halogenated alkanes) is 1. The topological polar surface area (TPSA) is 52.6 Å². The molecule has 0 aromatic heterocycles. The average Bonchev–Trinajstić information content (AvgIpc) is 2.66. The fourth-order valence-electron chi connectivity index (χ4n) is 2.52. The maximum absolute atomic E-state index is 12.4. The fourth-order valence-corrected chi connectivity index (χ4v) is 2.65. The third-order valence-electron chi connectivity index (χ3n) is 4.02. The lowest BCUT2D eigenvalue weighted by Crippen LogP contribution is -2.28. The highest BCUT2D eigenvalue weighted by molar-refractivity contribution is 6.30. The number of carbonyl (C=O) groups is 2. The van der Waals surface area contributed by atoms with Crippen LogP contribution in [0, 0.1) is 0 Å². The molecule has 0 aliphatic rings. The Morgan fingerprint density at radius 3 is 2.27 bits per heavy atom. The summed E-state index contributed by atoms with van der Waals surface area (Å²) in [5.74, 6) is 0.162. The summed E-state index contributed by atoms with van der Waals surface area (Å²) in [6, 6.07) is 14.0. The fraction of sp³-hybridized carbons (Fsp3) is 0.333. The van der Waals surface area contributed by atoms with E-state index in [4.69, 9.17) is 21.1 Å². The van der Waals surface area contributed by atoms with Crippen LogP contribution in [0.15, 0.2) is 48.5 Å².